The van der Waals surface area contributed by atoms with Crippen LogP contribution in [-0.2, 0) is 0 Å². The van der Waals surface area contributed by atoms with Crippen molar-refractivity contribution in [3.63, 3.8) is 0 Å². The van der Waals surface area contributed by atoms with E-state index in [0.29, 0.717) is 0 Å². The Bertz CT molecular complexity index is 711. The number of thioether (sulfide) groups is 1. The fraction of sp³-hybridized carbons (Fsp3) is 0.0714. The van der Waals surface area contributed by atoms with Crippen LogP contribution in [0, 0.1) is 11.6 Å². The number of carbonyl (C=O) groups is 1. The quantitative estimate of drug-likeness (QED) is 0.608. The summed E-state index contributed by atoms with van der Waals surface area (Å²) in [6.07, 6.45) is 0. The van der Waals surface area contributed by atoms with E-state index in [-0.39, 0.29) is 32.9 Å². The minimum absolute atomic E-state index is 0.00454. The zero-order valence-corrected chi connectivity index (χ0v) is 12.3. The molecule has 116 valence electrons. The SMILES string of the molecule is O=C(Nc1cccc(Cl)c1SC(F)F)c1ccc(F)c(F)c1. The summed E-state index contributed by atoms with van der Waals surface area (Å²) in [5, 5.41) is 2.40. The fourth-order valence-corrected chi connectivity index (χ4v) is 2.56. The molecule has 0 aromatic heterocycles. The lowest BCUT2D eigenvalue weighted by molar-refractivity contribution is 0.102. The van der Waals surface area contributed by atoms with Crippen molar-refractivity contribution in [1.82, 2.24) is 0 Å². The topological polar surface area (TPSA) is 29.1 Å². The average molecular weight is 350 g/mol. The highest BCUT2D eigenvalue weighted by atomic mass is 35.5. The van der Waals surface area contributed by atoms with Gasteiger partial charge in [-0.05, 0) is 30.3 Å². The van der Waals surface area contributed by atoms with Gasteiger partial charge in [-0.3, -0.25) is 4.79 Å². The summed E-state index contributed by atoms with van der Waals surface area (Å²) < 4.78 is 51.0. The molecule has 0 saturated carbocycles. The molecule has 0 aliphatic carbocycles. The molecule has 0 saturated heterocycles. The maximum Gasteiger partial charge on any atom is 0.289 e. The summed E-state index contributed by atoms with van der Waals surface area (Å²) in [4.78, 5) is 12.0. The highest BCUT2D eigenvalue weighted by Crippen LogP contribution is 2.37. The number of nitrogens with one attached hydrogen (secondary N) is 1. The number of anilines is 1. The van der Waals surface area contributed by atoms with Gasteiger partial charge in [-0.15, -0.1) is 0 Å². The van der Waals surface area contributed by atoms with E-state index in [9.17, 15) is 22.4 Å². The second kappa shape index (κ2) is 7.02. The predicted octanol–water partition coefficient (Wildman–Crippen LogP) is 5.19. The van der Waals surface area contributed by atoms with Crippen molar-refractivity contribution < 1.29 is 22.4 Å². The molecule has 0 unspecified atom stereocenters. The van der Waals surface area contributed by atoms with E-state index in [1.54, 1.807) is 0 Å². The number of rotatable bonds is 4. The Morgan fingerprint density at radius 3 is 2.50 bits per heavy atom. The molecule has 0 fully saturated rings. The van der Waals surface area contributed by atoms with Gasteiger partial charge in [0.05, 0.1) is 15.6 Å². The van der Waals surface area contributed by atoms with Gasteiger partial charge in [-0.25, -0.2) is 8.78 Å². The predicted molar refractivity (Wildman–Crippen MR) is 77.6 cm³/mol. The molecule has 1 N–H and O–H groups in total. The first kappa shape index (κ1) is 16.6. The van der Waals surface area contributed by atoms with Crippen LogP contribution in [0.5, 0.6) is 0 Å². The van der Waals surface area contributed by atoms with E-state index in [2.05, 4.69) is 5.32 Å². The van der Waals surface area contributed by atoms with Crippen molar-refractivity contribution in [2.75, 3.05) is 5.32 Å². The third-order valence-corrected chi connectivity index (χ3v) is 3.88. The third kappa shape index (κ3) is 3.92. The van der Waals surface area contributed by atoms with Crippen molar-refractivity contribution in [3.05, 3.63) is 58.6 Å². The Kier molecular flexibility index (Phi) is 5.31. The maximum absolute atomic E-state index is 13.1. The van der Waals surface area contributed by atoms with Crippen molar-refractivity contribution in [2.24, 2.45) is 0 Å². The number of carbonyl (C=O) groups excluding carboxylic acids is 1. The Labute approximate surface area is 132 Å². The molecule has 0 atom stereocenters. The number of alkyl halides is 2. The van der Waals surface area contributed by atoms with Crippen molar-refractivity contribution in [1.29, 1.82) is 0 Å². The first-order valence-electron chi connectivity index (χ1n) is 5.88. The number of halogens is 5. The average Bonchev–Trinajstić information content (AvgIpc) is 2.45. The van der Waals surface area contributed by atoms with E-state index in [1.165, 1.54) is 18.2 Å². The molecular formula is C14H8ClF4NOS. The summed E-state index contributed by atoms with van der Waals surface area (Å²) in [7, 11) is 0. The zero-order chi connectivity index (χ0) is 16.3. The number of hydrogen-bond donors (Lipinski definition) is 1. The molecular weight excluding hydrogens is 342 g/mol. The lowest BCUT2D eigenvalue weighted by Gasteiger charge is -2.12. The van der Waals surface area contributed by atoms with Crippen LogP contribution in [0.15, 0.2) is 41.3 Å². The summed E-state index contributed by atoms with van der Waals surface area (Å²) in [6, 6.07) is 6.86. The normalized spacial score (nSPS) is 10.8. The molecule has 2 aromatic carbocycles. The van der Waals surface area contributed by atoms with Crippen LogP contribution in [0.3, 0.4) is 0 Å². The van der Waals surface area contributed by atoms with Gasteiger partial charge < -0.3 is 5.32 Å². The lowest BCUT2D eigenvalue weighted by Crippen LogP contribution is -2.13. The molecule has 0 aliphatic heterocycles. The van der Waals surface area contributed by atoms with Gasteiger partial charge in [0.25, 0.3) is 11.7 Å². The van der Waals surface area contributed by atoms with Gasteiger partial charge >= 0.3 is 0 Å². The first-order valence-corrected chi connectivity index (χ1v) is 7.14. The number of hydrogen-bond acceptors (Lipinski definition) is 2. The Balaban J connectivity index is 2.28. The molecule has 8 heteroatoms. The minimum atomic E-state index is -2.72. The molecule has 2 nitrogen and oxygen atoms in total. The molecule has 1 amide bonds. The van der Waals surface area contributed by atoms with Crippen molar-refractivity contribution in [3.8, 4) is 0 Å². The maximum atomic E-state index is 13.1. The Morgan fingerprint density at radius 2 is 1.86 bits per heavy atom. The Morgan fingerprint density at radius 1 is 1.14 bits per heavy atom. The van der Waals surface area contributed by atoms with Crippen LogP contribution < -0.4 is 5.32 Å². The molecule has 2 rings (SSSR count). The van der Waals surface area contributed by atoms with Crippen LogP contribution in [0.1, 0.15) is 10.4 Å². The molecule has 0 aliphatic rings. The van der Waals surface area contributed by atoms with Gasteiger partial charge in [-0.2, -0.15) is 8.78 Å². The molecule has 0 radical (unpaired) electrons. The summed E-state index contributed by atoms with van der Waals surface area (Å²) in [6.45, 7) is 0. The largest absolute Gasteiger partial charge is 0.321 e. The van der Waals surface area contributed by atoms with Crippen LogP contribution >= 0.6 is 23.4 Å². The second-order valence-corrected chi connectivity index (χ2v) is 5.49. The van der Waals surface area contributed by atoms with Crippen LogP contribution in [-0.4, -0.2) is 11.7 Å². The smallest absolute Gasteiger partial charge is 0.289 e. The number of amides is 1. The van der Waals surface area contributed by atoms with Gasteiger partial charge in [0.1, 0.15) is 0 Å². The number of benzene rings is 2. The van der Waals surface area contributed by atoms with Gasteiger partial charge in [0.15, 0.2) is 11.6 Å². The summed E-state index contributed by atoms with van der Waals surface area (Å²) >= 11 is 6.01. The van der Waals surface area contributed by atoms with E-state index < -0.39 is 23.3 Å². The zero-order valence-electron chi connectivity index (χ0n) is 10.7. The van der Waals surface area contributed by atoms with E-state index in [0.717, 1.165) is 18.2 Å². The van der Waals surface area contributed by atoms with Crippen LogP contribution in [0.4, 0.5) is 23.2 Å². The minimum Gasteiger partial charge on any atom is -0.321 e. The van der Waals surface area contributed by atoms with Crippen LogP contribution in [0.2, 0.25) is 5.02 Å². The van der Waals surface area contributed by atoms with Gasteiger partial charge in [-0.1, -0.05) is 29.4 Å². The highest BCUT2D eigenvalue weighted by Gasteiger charge is 2.17. The lowest BCUT2D eigenvalue weighted by atomic mass is 10.2. The third-order valence-electron chi connectivity index (χ3n) is 2.60. The fourth-order valence-electron chi connectivity index (χ4n) is 1.65. The standard InChI is InChI=1S/C14H8ClF4NOS/c15-8-2-1-3-11(12(8)22-14(18)19)20-13(21)7-4-5-9(16)10(17)6-7/h1-6,14H,(H,20,21). The molecule has 22 heavy (non-hydrogen) atoms. The molecule has 0 heterocycles. The highest BCUT2D eigenvalue weighted by molar-refractivity contribution is 7.99. The molecule has 0 spiro atoms. The van der Waals surface area contributed by atoms with Crippen molar-refractivity contribution in [2.45, 2.75) is 10.7 Å². The summed E-state index contributed by atoms with van der Waals surface area (Å²) in [5.41, 5.74) is -0.0839. The monoisotopic (exact) mass is 349 g/mol. The Hall–Kier alpha value is -1.73. The van der Waals surface area contributed by atoms with Gasteiger partial charge in [0, 0.05) is 5.56 Å². The molecule has 0 bridgehead atoms. The van der Waals surface area contributed by atoms with E-state index in [4.69, 9.17) is 11.6 Å². The second-order valence-electron chi connectivity index (χ2n) is 4.08. The van der Waals surface area contributed by atoms with Gasteiger partial charge in [0.2, 0.25) is 0 Å². The van der Waals surface area contributed by atoms with E-state index in [1.807, 2.05) is 0 Å². The first-order chi connectivity index (χ1) is 10.4. The van der Waals surface area contributed by atoms with Crippen molar-refractivity contribution >= 4 is 35.0 Å². The summed E-state index contributed by atoms with van der Waals surface area (Å²) in [5.74, 6) is -5.76. The van der Waals surface area contributed by atoms with Crippen LogP contribution in [0.25, 0.3) is 0 Å². The molecule has 2 aromatic rings. The van der Waals surface area contributed by atoms with E-state index >= 15 is 0 Å².